The molecule has 4 aliphatic carbocycles. The first-order valence-corrected chi connectivity index (χ1v) is 19.6. The molecule has 2 saturated carbocycles. The van der Waals surface area contributed by atoms with Gasteiger partial charge in [-0.1, -0.05) is 124 Å². The summed E-state index contributed by atoms with van der Waals surface area (Å²) in [6, 6.07) is 0. The van der Waals surface area contributed by atoms with Crippen molar-refractivity contribution in [3.8, 4) is 0 Å². The molecule has 0 bridgehead atoms. The standard InChI is InChI=1S/C41H66O8/c1-8-10-12-14-16-18-20-22-33(43)48-37-29(4)40(46)31(25-30(27-42)26-39(47-7)32(40)24-28(3)36(39)45)35-38(5,6)41(35,37)49-34(44)23-21-19-17-15-13-11-9-2/h24-25,29,31-32,35,37,42,46H,8-23,26-27H2,1-7H3/t29-,31+,32-,35-,37-,39-,40-,41-/m1/s1. The number of unbranched alkanes of at least 4 members (excludes halogenated alkanes) is 12. The lowest BCUT2D eigenvalue weighted by atomic mass is 9.59. The Kier molecular flexibility index (Phi) is 13.4. The third-order valence-corrected chi connectivity index (χ3v) is 12.8. The number of Topliss-reactive ketones (excluding diaryl/α,β-unsaturated/α-hetero) is 1. The van der Waals surface area contributed by atoms with Gasteiger partial charge in [-0.25, -0.2) is 0 Å². The normalized spacial score (nSPS) is 34.2. The Morgan fingerprint density at radius 1 is 0.857 bits per heavy atom. The van der Waals surface area contributed by atoms with Gasteiger partial charge in [0, 0.05) is 55.5 Å². The maximum absolute atomic E-state index is 13.8. The summed E-state index contributed by atoms with van der Waals surface area (Å²) in [7, 11) is 1.49. The lowest BCUT2D eigenvalue weighted by Gasteiger charge is -2.53. The Bertz CT molecular complexity index is 1240. The van der Waals surface area contributed by atoms with Gasteiger partial charge in [-0.05, 0) is 30.9 Å². The summed E-state index contributed by atoms with van der Waals surface area (Å²) in [5, 5.41) is 23.7. The zero-order chi connectivity index (χ0) is 36.0. The van der Waals surface area contributed by atoms with Crippen LogP contribution in [0.25, 0.3) is 0 Å². The van der Waals surface area contributed by atoms with Crippen LogP contribution in [0.5, 0.6) is 0 Å². The largest absolute Gasteiger partial charge is 0.458 e. The lowest BCUT2D eigenvalue weighted by molar-refractivity contribution is -0.231. The summed E-state index contributed by atoms with van der Waals surface area (Å²) in [5.74, 6) is -3.34. The predicted octanol–water partition coefficient (Wildman–Crippen LogP) is 7.97. The first-order chi connectivity index (χ1) is 23.3. The highest BCUT2D eigenvalue weighted by atomic mass is 16.6. The number of carbonyl (C=O) groups excluding carboxylic acids is 3. The SMILES string of the molecule is CCCCCCCCCC(=O)O[C@@H]1[C@@H](C)[C@@]2(O)[C@@H](C=C(CO)C[C@]3(OC)C(=O)C(C)=C[C@@H]23)[C@@H]2C(C)(C)[C@]12OC(=O)CCCCCCCCC. The Balaban J connectivity index is 1.64. The molecule has 0 amide bonds. The number of fused-ring (bicyclic) bond motifs is 5. The van der Waals surface area contributed by atoms with E-state index in [9.17, 15) is 24.6 Å². The monoisotopic (exact) mass is 686 g/mol. The first-order valence-electron chi connectivity index (χ1n) is 19.6. The van der Waals surface area contributed by atoms with Crippen LogP contribution in [-0.4, -0.2) is 64.6 Å². The van der Waals surface area contributed by atoms with Crippen LogP contribution >= 0.6 is 0 Å². The molecular formula is C41H66O8. The van der Waals surface area contributed by atoms with E-state index in [-0.39, 0.29) is 43.6 Å². The number of esters is 2. The first kappa shape index (κ1) is 39.8. The molecule has 4 rings (SSSR count). The zero-order valence-corrected chi connectivity index (χ0v) is 31.6. The summed E-state index contributed by atoms with van der Waals surface area (Å²) in [5.41, 5.74) is -3.68. The van der Waals surface area contributed by atoms with Crippen LogP contribution in [0.15, 0.2) is 23.3 Å². The minimum atomic E-state index is -1.59. The van der Waals surface area contributed by atoms with Gasteiger partial charge in [-0.3, -0.25) is 14.4 Å². The third kappa shape index (κ3) is 7.35. The fourth-order valence-corrected chi connectivity index (χ4v) is 9.98. The smallest absolute Gasteiger partial charge is 0.306 e. The Morgan fingerprint density at radius 3 is 1.92 bits per heavy atom. The van der Waals surface area contributed by atoms with Gasteiger partial charge in [-0.2, -0.15) is 0 Å². The van der Waals surface area contributed by atoms with Crippen molar-refractivity contribution in [3.05, 3.63) is 23.3 Å². The number of hydrogen-bond acceptors (Lipinski definition) is 8. The average molecular weight is 687 g/mol. The van der Waals surface area contributed by atoms with Crippen molar-refractivity contribution in [1.29, 1.82) is 0 Å². The third-order valence-electron chi connectivity index (χ3n) is 12.8. The Hall–Kier alpha value is -2.03. The van der Waals surface area contributed by atoms with Gasteiger partial charge in [0.15, 0.2) is 11.4 Å². The summed E-state index contributed by atoms with van der Waals surface area (Å²) < 4.78 is 19.0. The molecule has 2 fully saturated rings. The van der Waals surface area contributed by atoms with Gasteiger partial charge in [0.05, 0.1) is 12.2 Å². The molecule has 0 aromatic rings. The summed E-state index contributed by atoms with van der Waals surface area (Å²) in [6.07, 6.45) is 18.5. The van der Waals surface area contributed by atoms with Gasteiger partial charge < -0.3 is 24.4 Å². The fourth-order valence-electron chi connectivity index (χ4n) is 9.98. The van der Waals surface area contributed by atoms with E-state index in [1.54, 1.807) is 6.92 Å². The molecule has 0 saturated heterocycles. The van der Waals surface area contributed by atoms with Crippen LogP contribution in [0.4, 0.5) is 0 Å². The topological polar surface area (TPSA) is 119 Å². The molecular weight excluding hydrogens is 620 g/mol. The highest BCUT2D eigenvalue weighted by molar-refractivity contribution is 6.05. The van der Waals surface area contributed by atoms with E-state index in [2.05, 4.69) is 13.8 Å². The summed E-state index contributed by atoms with van der Waals surface area (Å²) >= 11 is 0. The quantitative estimate of drug-likeness (QED) is 0.0752. The Labute approximate surface area is 295 Å². The molecule has 4 aliphatic rings. The second-order valence-electron chi connectivity index (χ2n) is 16.2. The predicted molar refractivity (Wildman–Crippen MR) is 191 cm³/mol. The molecule has 0 unspecified atom stereocenters. The lowest BCUT2D eigenvalue weighted by Crippen LogP contribution is -2.66. The van der Waals surface area contributed by atoms with Gasteiger partial charge in [-0.15, -0.1) is 0 Å². The van der Waals surface area contributed by atoms with Gasteiger partial charge in [0.25, 0.3) is 0 Å². The second-order valence-corrected chi connectivity index (χ2v) is 16.2. The number of aliphatic hydroxyl groups excluding tert-OH is 1. The number of rotatable bonds is 20. The van der Waals surface area contributed by atoms with Crippen LogP contribution in [0.1, 0.15) is 151 Å². The summed E-state index contributed by atoms with van der Waals surface area (Å²) in [6.45, 7) is 11.7. The van der Waals surface area contributed by atoms with Crippen molar-refractivity contribution in [2.45, 2.75) is 174 Å². The van der Waals surface area contributed by atoms with Crippen LogP contribution in [-0.2, 0) is 28.6 Å². The minimum absolute atomic E-state index is 0.143. The maximum atomic E-state index is 13.8. The number of carbonyl (C=O) groups is 3. The molecule has 8 atom stereocenters. The molecule has 8 heteroatoms. The molecule has 0 aromatic carbocycles. The highest BCUT2D eigenvalue weighted by Gasteiger charge is 2.88. The van der Waals surface area contributed by atoms with Crippen molar-refractivity contribution in [2.24, 2.45) is 29.1 Å². The molecule has 2 N–H and O–H groups in total. The van der Waals surface area contributed by atoms with Gasteiger partial charge in [0.2, 0.25) is 0 Å². The molecule has 49 heavy (non-hydrogen) atoms. The highest BCUT2D eigenvalue weighted by Crippen LogP contribution is 2.77. The van der Waals surface area contributed by atoms with E-state index < -0.39 is 52.0 Å². The maximum Gasteiger partial charge on any atom is 0.306 e. The van der Waals surface area contributed by atoms with E-state index in [1.165, 1.54) is 45.6 Å². The van der Waals surface area contributed by atoms with E-state index in [0.717, 1.165) is 44.9 Å². The van der Waals surface area contributed by atoms with Crippen molar-refractivity contribution < 1.29 is 38.8 Å². The number of methoxy groups -OCH3 is 1. The molecule has 8 nitrogen and oxygen atoms in total. The molecule has 0 heterocycles. The summed E-state index contributed by atoms with van der Waals surface area (Å²) in [4.78, 5) is 41.1. The van der Waals surface area contributed by atoms with Crippen molar-refractivity contribution in [2.75, 3.05) is 13.7 Å². The molecule has 0 radical (unpaired) electrons. The van der Waals surface area contributed by atoms with Crippen molar-refractivity contribution in [1.82, 2.24) is 0 Å². The van der Waals surface area contributed by atoms with E-state index in [4.69, 9.17) is 14.2 Å². The van der Waals surface area contributed by atoms with Crippen LogP contribution < -0.4 is 0 Å². The van der Waals surface area contributed by atoms with Crippen molar-refractivity contribution in [3.63, 3.8) is 0 Å². The molecule has 0 aliphatic heterocycles. The van der Waals surface area contributed by atoms with Crippen LogP contribution in [0.3, 0.4) is 0 Å². The molecule has 278 valence electrons. The van der Waals surface area contributed by atoms with E-state index in [1.807, 2.05) is 32.9 Å². The second kappa shape index (κ2) is 16.5. The van der Waals surface area contributed by atoms with Gasteiger partial charge in [0.1, 0.15) is 11.7 Å². The Morgan fingerprint density at radius 2 is 1.39 bits per heavy atom. The van der Waals surface area contributed by atoms with E-state index in [0.29, 0.717) is 17.6 Å². The van der Waals surface area contributed by atoms with E-state index >= 15 is 0 Å². The fraction of sp³-hybridized carbons (Fsp3) is 0.829. The number of hydrogen-bond donors (Lipinski definition) is 2. The van der Waals surface area contributed by atoms with Crippen LogP contribution in [0.2, 0.25) is 0 Å². The van der Waals surface area contributed by atoms with Crippen LogP contribution in [0, 0.1) is 29.1 Å². The molecule has 0 aromatic heterocycles. The number of ketones is 1. The number of ether oxygens (including phenoxy) is 3. The zero-order valence-electron chi connectivity index (χ0n) is 31.6. The van der Waals surface area contributed by atoms with Crippen molar-refractivity contribution >= 4 is 17.7 Å². The average Bonchev–Trinajstić information content (AvgIpc) is 3.48. The molecule has 0 spiro atoms. The number of aliphatic hydroxyl groups is 2. The minimum Gasteiger partial charge on any atom is -0.458 e. The van der Waals surface area contributed by atoms with Gasteiger partial charge >= 0.3 is 11.9 Å².